The average Bonchev–Trinajstić information content (AvgIpc) is 2.83. The van der Waals surface area contributed by atoms with Gasteiger partial charge in [-0.25, -0.2) is 4.98 Å². The summed E-state index contributed by atoms with van der Waals surface area (Å²) in [6.45, 7) is 5.72. The van der Waals surface area contributed by atoms with Gasteiger partial charge in [-0.3, -0.25) is 9.80 Å². The molecule has 1 unspecified atom stereocenters. The average molecular weight is 320 g/mol. The first-order valence-electron chi connectivity index (χ1n) is 7.41. The van der Waals surface area contributed by atoms with Crippen molar-refractivity contribution in [2.75, 3.05) is 39.9 Å². The minimum absolute atomic E-state index is 0.356. The lowest BCUT2D eigenvalue weighted by Crippen LogP contribution is -2.52. The van der Waals surface area contributed by atoms with Crippen molar-refractivity contribution in [2.45, 2.75) is 32.2 Å². The molecule has 0 spiro atoms. The quantitative estimate of drug-likeness (QED) is 0.797. The van der Waals surface area contributed by atoms with Crippen LogP contribution in [0.4, 0.5) is 13.2 Å². The van der Waals surface area contributed by atoms with Gasteiger partial charge in [0, 0.05) is 51.7 Å². The minimum atomic E-state index is -4.22. The fourth-order valence-electron chi connectivity index (χ4n) is 2.78. The van der Waals surface area contributed by atoms with Gasteiger partial charge in [0.2, 0.25) is 0 Å². The number of imidazole rings is 1. The van der Waals surface area contributed by atoms with Crippen LogP contribution in [0.25, 0.3) is 0 Å². The first-order valence-corrected chi connectivity index (χ1v) is 7.41. The van der Waals surface area contributed by atoms with Crippen LogP contribution in [0.2, 0.25) is 0 Å². The van der Waals surface area contributed by atoms with Crippen molar-refractivity contribution in [3.63, 3.8) is 0 Å². The van der Waals surface area contributed by atoms with Crippen molar-refractivity contribution in [3.8, 4) is 0 Å². The summed E-state index contributed by atoms with van der Waals surface area (Å²) in [6.07, 6.45) is -1.40. The summed E-state index contributed by atoms with van der Waals surface area (Å²) in [5.74, 6) is 0.467. The highest BCUT2D eigenvalue weighted by molar-refractivity contribution is 4.94. The maximum absolute atomic E-state index is 12.5. The number of methoxy groups -OCH3 is 1. The molecular formula is C14H23F3N4O. The third kappa shape index (κ3) is 4.96. The molecule has 0 aliphatic carbocycles. The van der Waals surface area contributed by atoms with Gasteiger partial charge in [0.1, 0.15) is 12.4 Å². The third-order valence-electron chi connectivity index (χ3n) is 3.95. The number of piperazine rings is 1. The van der Waals surface area contributed by atoms with E-state index in [4.69, 9.17) is 4.74 Å². The Morgan fingerprint density at radius 1 is 1.36 bits per heavy atom. The van der Waals surface area contributed by atoms with Gasteiger partial charge in [-0.2, -0.15) is 13.2 Å². The zero-order chi connectivity index (χ0) is 16.2. The van der Waals surface area contributed by atoms with E-state index in [2.05, 4.69) is 21.7 Å². The van der Waals surface area contributed by atoms with Crippen LogP contribution in [-0.2, 0) is 17.8 Å². The summed E-state index contributed by atoms with van der Waals surface area (Å²) in [6, 6.07) is 0.356. The largest absolute Gasteiger partial charge is 0.406 e. The Balaban J connectivity index is 1.89. The molecule has 1 fully saturated rings. The van der Waals surface area contributed by atoms with E-state index in [0.717, 1.165) is 26.2 Å². The Labute approximate surface area is 128 Å². The van der Waals surface area contributed by atoms with Crippen molar-refractivity contribution < 1.29 is 17.9 Å². The molecule has 0 N–H and O–H groups in total. The summed E-state index contributed by atoms with van der Waals surface area (Å²) >= 11 is 0. The van der Waals surface area contributed by atoms with E-state index in [1.807, 2.05) is 0 Å². The summed E-state index contributed by atoms with van der Waals surface area (Å²) < 4.78 is 43.9. The zero-order valence-corrected chi connectivity index (χ0v) is 13.0. The van der Waals surface area contributed by atoms with Gasteiger partial charge in [0.25, 0.3) is 0 Å². The Morgan fingerprint density at radius 3 is 2.77 bits per heavy atom. The van der Waals surface area contributed by atoms with E-state index in [0.29, 0.717) is 25.0 Å². The number of ether oxygens (including phenoxy) is 1. The van der Waals surface area contributed by atoms with Crippen molar-refractivity contribution in [1.82, 2.24) is 19.4 Å². The highest BCUT2D eigenvalue weighted by Crippen LogP contribution is 2.19. The van der Waals surface area contributed by atoms with Crippen LogP contribution in [0.1, 0.15) is 12.7 Å². The van der Waals surface area contributed by atoms with Gasteiger partial charge in [0.15, 0.2) is 0 Å². The highest BCUT2D eigenvalue weighted by atomic mass is 19.4. The molecule has 0 amide bonds. The smallest absolute Gasteiger partial charge is 0.383 e. The number of alkyl halides is 3. The highest BCUT2D eigenvalue weighted by Gasteiger charge is 2.30. The molecule has 1 aliphatic heterocycles. The molecule has 1 aromatic heterocycles. The van der Waals surface area contributed by atoms with Gasteiger partial charge in [-0.15, -0.1) is 0 Å². The van der Waals surface area contributed by atoms with Gasteiger partial charge >= 0.3 is 6.18 Å². The number of hydrogen-bond acceptors (Lipinski definition) is 4. The van der Waals surface area contributed by atoms with E-state index >= 15 is 0 Å². The van der Waals surface area contributed by atoms with E-state index in [1.165, 1.54) is 17.0 Å². The first-order chi connectivity index (χ1) is 10.4. The standard InChI is InChI=1S/C14H23F3N4O/c1-12-9-19(5-6-20(12)7-8-22-2)10-13-18-3-4-21(13)11-14(15,16)17/h3-4,12H,5-11H2,1-2H3. The number of aromatic nitrogens is 2. The Hall–Kier alpha value is -1.12. The molecule has 126 valence electrons. The molecule has 5 nitrogen and oxygen atoms in total. The number of halogens is 3. The molecule has 1 atom stereocenters. The molecule has 2 heterocycles. The molecule has 1 aromatic rings. The summed E-state index contributed by atoms with van der Waals surface area (Å²) in [5.41, 5.74) is 0. The van der Waals surface area contributed by atoms with Gasteiger partial charge < -0.3 is 9.30 Å². The van der Waals surface area contributed by atoms with Crippen molar-refractivity contribution in [2.24, 2.45) is 0 Å². The van der Waals surface area contributed by atoms with Crippen molar-refractivity contribution in [1.29, 1.82) is 0 Å². The monoisotopic (exact) mass is 320 g/mol. The van der Waals surface area contributed by atoms with Gasteiger partial charge in [-0.1, -0.05) is 0 Å². The normalized spacial score (nSPS) is 21.4. The second-order valence-corrected chi connectivity index (χ2v) is 5.70. The van der Waals surface area contributed by atoms with Crippen LogP contribution in [0, 0.1) is 0 Å². The molecule has 8 heteroatoms. The van der Waals surface area contributed by atoms with Gasteiger partial charge in [0.05, 0.1) is 13.2 Å². The van der Waals surface area contributed by atoms with E-state index in [1.54, 1.807) is 7.11 Å². The van der Waals surface area contributed by atoms with Crippen molar-refractivity contribution >= 4 is 0 Å². The summed E-state index contributed by atoms with van der Waals surface area (Å²) in [4.78, 5) is 8.57. The second kappa shape index (κ2) is 7.43. The second-order valence-electron chi connectivity index (χ2n) is 5.70. The van der Waals surface area contributed by atoms with Crippen molar-refractivity contribution in [3.05, 3.63) is 18.2 Å². The molecule has 1 saturated heterocycles. The maximum Gasteiger partial charge on any atom is 0.406 e. The summed E-state index contributed by atoms with van der Waals surface area (Å²) in [5, 5.41) is 0. The predicted molar refractivity (Wildman–Crippen MR) is 76.5 cm³/mol. The lowest BCUT2D eigenvalue weighted by atomic mass is 10.2. The summed E-state index contributed by atoms with van der Waals surface area (Å²) in [7, 11) is 1.68. The molecule has 0 aromatic carbocycles. The molecule has 1 aliphatic rings. The topological polar surface area (TPSA) is 33.5 Å². The van der Waals surface area contributed by atoms with Crippen LogP contribution in [0.15, 0.2) is 12.4 Å². The third-order valence-corrected chi connectivity index (χ3v) is 3.95. The number of nitrogens with zero attached hydrogens (tertiary/aromatic N) is 4. The van der Waals surface area contributed by atoms with E-state index < -0.39 is 12.7 Å². The Kier molecular flexibility index (Phi) is 5.82. The van der Waals surface area contributed by atoms with Crippen LogP contribution in [0.3, 0.4) is 0 Å². The Morgan fingerprint density at radius 2 is 2.14 bits per heavy atom. The maximum atomic E-state index is 12.5. The lowest BCUT2D eigenvalue weighted by Gasteiger charge is -2.39. The molecule has 0 bridgehead atoms. The number of rotatable bonds is 6. The molecule has 0 radical (unpaired) electrons. The number of hydrogen-bond donors (Lipinski definition) is 0. The van der Waals surface area contributed by atoms with Crippen LogP contribution in [0.5, 0.6) is 0 Å². The minimum Gasteiger partial charge on any atom is -0.383 e. The molecule has 22 heavy (non-hydrogen) atoms. The zero-order valence-electron chi connectivity index (χ0n) is 13.0. The first kappa shape index (κ1) is 17.2. The Bertz CT molecular complexity index is 463. The molecule has 0 saturated carbocycles. The lowest BCUT2D eigenvalue weighted by molar-refractivity contribution is -0.141. The fraction of sp³-hybridized carbons (Fsp3) is 0.786. The fourth-order valence-corrected chi connectivity index (χ4v) is 2.78. The van der Waals surface area contributed by atoms with Gasteiger partial charge in [-0.05, 0) is 6.92 Å². The predicted octanol–water partition coefficient (Wildman–Crippen LogP) is 1.60. The SMILES string of the molecule is COCCN1CCN(Cc2nccn2CC(F)(F)F)CC1C. The van der Waals surface area contributed by atoms with Crippen LogP contribution < -0.4 is 0 Å². The molecular weight excluding hydrogens is 297 g/mol. The molecule has 2 rings (SSSR count). The van der Waals surface area contributed by atoms with Crippen LogP contribution >= 0.6 is 0 Å². The van der Waals surface area contributed by atoms with E-state index in [9.17, 15) is 13.2 Å². The van der Waals surface area contributed by atoms with E-state index in [-0.39, 0.29) is 0 Å². The van der Waals surface area contributed by atoms with Crippen LogP contribution in [-0.4, -0.2) is 71.5 Å².